The van der Waals surface area contributed by atoms with Crippen LogP contribution in [0.3, 0.4) is 0 Å². The number of aromatic carboxylic acids is 1. The van der Waals surface area contributed by atoms with Gasteiger partial charge in [0.2, 0.25) is 0 Å². The Balaban J connectivity index is 3.21. The highest BCUT2D eigenvalue weighted by atomic mass is 79.9. The Morgan fingerprint density at radius 2 is 2.22 bits per heavy atom. The van der Waals surface area contributed by atoms with Gasteiger partial charge in [-0.1, -0.05) is 15.9 Å². The number of nitrogens with zero attached hydrogens (tertiary/aromatic N) is 2. The third-order valence-corrected chi connectivity index (χ3v) is 3.08. The lowest BCUT2D eigenvalue weighted by Gasteiger charge is -2.29. The van der Waals surface area contributed by atoms with Crippen LogP contribution in [-0.2, 0) is 0 Å². The first-order valence-electron chi connectivity index (χ1n) is 5.63. The minimum atomic E-state index is -0.958. The highest BCUT2D eigenvalue weighted by molar-refractivity contribution is 9.10. The molecule has 1 N–H and O–H groups in total. The molecule has 96 valence electrons. The molecule has 18 heavy (non-hydrogen) atoms. The van der Waals surface area contributed by atoms with E-state index in [2.05, 4.69) is 22.0 Å². The van der Waals surface area contributed by atoms with Gasteiger partial charge in [0.25, 0.3) is 0 Å². The lowest BCUT2D eigenvalue weighted by molar-refractivity contribution is 0.0697. The van der Waals surface area contributed by atoms with Crippen LogP contribution in [-0.4, -0.2) is 23.7 Å². The van der Waals surface area contributed by atoms with Crippen molar-refractivity contribution in [3.8, 4) is 6.07 Å². The molecule has 0 atom stereocenters. The van der Waals surface area contributed by atoms with E-state index >= 15 is 0 Å². The summed E-state index contributed by atoms with van der Waals surface area (Å²) < 4.78 is 0.824. The van der Waals surface area contributed by atoms with Crippen LogP contribution in [0.5, 0.6) is 0 Å². The van der Waals surface area contributed by atoms with Gasteiger partial charge in [0, 0.05) is 17.1 Å². The molecule has 0 fully saturated rings. The Kier molecular flexibility index (Phi) is 5.17. The standard InChI is InChI=1S/C13H15BrN2O2/c1-9(2)16(7-3-6-15)12-8-10(14)4-5-11(12)13(17)18/h4-5,8-9H,3,7H2,1-2H3,(H,17,18). The summed E-state index contributed by atoms with van der Waals surface area (Å²) in [6.45, 7) is 4.47. The Hall–Kier alpha value is -1.54. The van der Waals surface area contributed by atoms with Crippen molar-refractivity contribution in [1.82, 2.24) is 0 Å². The van der Waals surface area contributed by atoms with Gasteiger partial charge in [-0.3, -0.25) is 0 Å². The van der Waals surface area contributed by atoms with Crippen LogP contribution < -0.4 is 4.90 Å². The summed E-state index contributed by atoms with van der Waals surface area (Å²) >= 11 is 3.35. The molecular weight excluding hydrogens is 296 g/mol. The molecule has 0 aliphatic carbocycles. The second-order valence-electron chi connectivity index (χ2n) is 4.16. The molecule has 1 aromatic carbocycles. The zero-order valence-corrected chi connectivity index (χ0v) is 11.9. The number of carboxylic acids is 1. The molecule has 0 unspecified atom stereocenters. The summed E-state index contributed by atoms with van der Waals surface area (Å²) in [7, 11) is 0. The predicted molar refractivity (Wildman–Crippen MR) is 73.8 cm³/mol. The van der Waals surface area contributed by atoms with E-state index in [1.54, 1.807) is 18.2 Å². The molecule has 0 aliphatic rings. The van der Waals surface area contributed by atoms with Gasteiger partial charge in [-0.15, -0.1) is 0 Å². The fourth-order valence-corrected chi connectivity index (χ4v) is 2.10. The van der Waals surface area contributed by atoms with Crippen molar-refractivity contribution >= 4 is 27.6 Å². The number of anilines is 1. The van der Waals surface area contributed by atoms with E-state index in [0.717, 1.165) is 4.47 Å². The van der Waals surface area contributed by atoms with Gasteiger partial charge in [0.05, 0.1) is 23.7 Å². The van der Waals surface area contributed by atoms with Gasteiger partial charge >= 0.3 is 5.97 Å². The Morgan fingerprint density at radius 1 is 1.56 bits per heavy atom. The average molecular weight is 311 g/mol. The van der Waals surface area contributed by atoms with Crippen LogP contribution in [0.4, 0.5) is 5.69 Å². The predicted octanol–water partition coefficient (Wildman–Crippen LogP) is 3.28. The number of hydrogen-bond acceptors (Lipinski definition) is 3. The number of halogens is 1. The quantitative estimate of drug-likeness (QED) is 0.906. The van der Waals surface area contributed by atoms with Crippen molar-refractivity contribution in [3.05, 3.63) is 28.2 Å². The second kappa shape index (κ2) is 6.41. The third kappa shape index (κ3) is 3.47. The molecule has 0 aromatic heterocycles. The molecule has 0 spiro atoms. The smallest absolute Gasteiger partial charge is 0.337 e. The van der Waals surface area contributed by atoms with Crippen LogP contribution in [0.1, 0.15) is 30.6 Å². The number of hydrogen-bond donors (Lipinski definition) is 1. The molecule has 0 aliphatic heterocycles. The molecule has 1 rings (SSSR count). The molecule has 5 heteroatoms. The van der Waals surface area contributed by atoms with Gasteiger partial charge in [-0.05, 0) is 32.0 Å². The summed E-state index contributed by atoms with van der Waals surface area (Å²) in [5.41, 5.74) is 0.895. The molecule has 0 bridgehead atoms. The monoisotopic (exact) mass is 310 g/mol. The van der Waals surface area contributed by atoms with Crippen LogP contribution in [0.15, 0.2) is 22.7 Å². The first-order chi connectivity index (χ1) is 8.47. The number of benzene rings is 1. The summed E-state index contributed by atoms with van der Waals surface area (Å²) in [5.74, 6) is -0.958. The zero-order chi connectivity index (χ0) is 13.7. The maximum Gasteiger partial charge on any atom is 0.337 e. The van der Waals surface area contributed by atoms with E-state index in [4.69, 9.17) is 5.26 Å². The molecular formula is C13H15BrN2O2. The van der Waals surface area contributed by atoms with E-state index in [0.29, 0.717) is 18.7 Å². The van der Waals surface area contributed by atoms with E-state index in [9.17, 15) is 9.90 Å². The van der Waals surface area contributed by atoms with Crippen molar-refractivity contribution in [2.75, 3.05) is 11.4 Å². The third-order valence-electron chi connectivity index (χ3n) is 2.59. The number of rotatable bonds is 5. The molecule has 0 saturated carbocycles. The maximum atomic E-state index is 11.2. The number of carboxylic acid groups (broad SMARTS) is 1. The largest absolute Gasteiger partial charge is 0.478 e. The minimum Gasteiger partial charge on any atom is -0.478 e. The van der Waals surface area contributed by atoms with E-state index in [1.165, 1.54) is 0 Å². The first kappa shape index (κ1) is 14.5. The van der Waals surface area contributed by atoms with Crippen LogP contribution in [0, 0.1) is 11.3 Å². The Morgan fingerprint density at radius 3 is 2.72 bits per heavy atom. The van der Waals surface area contributed by atoms with Crippen LogP contribution in [0.25, 0.3) is 0 Å². The Bertz CT molecular complexity index is 480. The highest BCUT2D eigenvalue weighted by Crippen LogP contribution is 2.27. The van der Waals surface area contributed by atoms with Crippen molar-refractivity contribution in [1.29, 1.82) is 5.26 Å². The minimum absolute atomic E-state index is 0.130. The van der Waals surface area contributed by atoms with Crippen molar-refractivity contribution in [2.45, 2.75) is 26.3 Å². The normalized spacial score (nSPS) is 10.2. The fraction of sp³-hybridized carbons (Fsp3) is 0.385. The fourth-order valence-electron chi connectivity index (χ4n) is 1.75. The molecule has 4 nitrogen and oxygen atoms in total. The molecule has 0 heterocycles. The molecule has 0 saturated heterocycles. The van der Waals surface area contributed by atoms with E-state index in [1.807, 2.05) is 18.7 Å². The van der Waals surface area contributed by atoms with E-state index < -0.39 is 5.97 Å². The average Bonchev–Trinajstić information content (AvgIpc) is 2.28. The summed E-state index contributed by atoms with van der Waals surface area (Å²) in [4.78, 5) is 13.2. The molecule has 1 aromatic rings. The zero-order valence-electron chi connectivity index (χ0n) is 10.4. The van der Waals surface area contributed by atoms with Crippen LogP contribution >= 0.6 is 15.9 Å². The summed E-state index contributed by atoms with van der Waals surface area (Å²) in [6, 6.07) is 7.27. The first-order valence-corrected chi connectivity index (χ1v) is 6.43. The molecule has 0 radical (unpaired) electrons. The second-order valence-corrected chi connectivity index (χ2v) is 5.08. The van der Waals surface area contributed by atoms with Crippen molar-refractivity contribution < 1.29 is 9.90 Å². The number of nitriles is 1. The SMILES string of the molecule is CC(C)N(CCC#N)c1cc(Br)ccc1C(=O)O. The van der Waals surface area contributed by atoms with Crippen molar-refractivity contribution in [3.63, 3.8) is 0 Å². The number of carbonyl (C=O) groups is 1. The van der Waals surface area contributed by atoms with Gasteiger partial charge < -0.3 is 10.0 Å². The van der Waals surface area contributed by atoms with Gasteiger partial charge in [-0.2, -0.15) is 5.26 Å². The van der Waals surface area contributed by atoms with Crippen LogP contribution in [0.2, 0.25) is 0 Å². The Labute approximate surface area is 115 Å². The maximum absolute atomic E-state index is 11.2. The van der Waals surface area contributed by atoms with Gasteiger partial charge in [0.15, 0.2) is 0 Å². The highest BCUT2D eigenvalue weighted by Gasteiger charge is 2.18. The van der Waals surface area contributed by atoms with Gasteiger partial charge in [0.1, 0.15) is 0 Å². The van der Waals surface area contributed by atoms with Gasteiger partial charge in [-0.25, -0.2) is 4.79 Å². The summed E-state index contributed by atoms with van der Waals surface area (Å²) in [5, 5.41) is 17.9. The lowest BCUT2D eigenvalue weighted by atomic mass is 10.1. The summed E-state index contributed by atoms with van der Waals surface area (Å²) in [6.07, 6.45) is 0.365. The lowest BCUT2D eigenvalue weighted by Crippen LogP contribution is -2.33. The van der Waals surface area contributed by atoms with E-state index in [-0.39, 0.29) is 11.6 Å². The topological polar surface area (TPSA) is 64.3 Å². The van der Waals surface area contributed by atoms with Crippen molar-refractivity contribution in [2.24, 2.45) is 0 Å². The molecule has 0 amide bonds.